The number of benzene rings is 4. The van der Waals surface area contributed by atoms with Crippen LogP contribution in [0.1, 0.15) is 86.7 Å². The first kappa shape index (κ1) is 30.3. The number of hydrogen-bond donors (Lipinski definition) is 0. The van der Waals surface area contributed by atoms with E-state index in [0.29, 0.717) is 16.7 Å². The highest BCUT2D eigenvalue weighted by molar-refractivity contribution is 6.17. The van der Waals surface area contributed by atoms with Gasteiger partial charge in [0, 0.05) is 34.2 Å². The number of Topliss-reactive ketones (excluding diaryl/α,β-unsaturated/α-hetero) is 1. The summed E-state index contributed by atoms with van der Waals surface area (Å²) < 4.78 is 11.8. The zero-order chi connectivity index (χ0) is 30.3. The van der Waals surface area contributed by atoms with E-state index in [0.717, 1.165) is 0 Å². The molecule has 0 N–H and O–H groups in total. The summed E-state index contributed by atoms with van der Waals surface area (Å²) in [5, 5.41) is 0. The second kappa shape index (κ2) is 12.9. The zero-order valence-electron chi connectivity index (χ0n) is 24.3. The Morgan fingerprint density at radius 1 is 0.548 bits per heavy atom. The van der Waals surface area contributed by atoms with Crippen molar-refractivity contribution in [2.75, 3.05) is 6.61 Å². The molecule has 4 rings (SSSR count). The van der Waals surface area contributed by atoms with E-state index in [4.69, 9.17) is 9.47 Å². The van der Waals surface area contributed by atoms with Gasteiger partial charge in [-0.2, -0.15) is 0 Å². The van der Waals surface area contributed by atoms with Gasteiger partial charge < -0.3 is 9.47 Å². The van der Waals surface area contributed by atoms with Gasteiger partial charge in [-0.15, -0.1) is 0 Å². The van der Waals surface area contributed by atoms with Crippen molar-refractivity contribution in [3.05, 3.63) is 143 Å². The van der Waals surface area contributed by atoms with E-state index < -0.39 is 17.2 Å². The van der Waals surface area contributed by atoms with E-state index in [1.165, 1.54) is 0 Å². The Hall–Kier alpha value is -4.68. The highest BCUT2D eigenvalue weighted by Gasteiger charge is 2.34. The molecular formula is C36H34O6. The van der Waals surface area contributed by atoms with E-state index in [-0.39, 0.29) is 47.1 Å². The third-order valence-corrected chi connectivity index (χ3v) is 6.96. The Labute approximate surface area is 246 Å². The summed E-state index contributed by atoms with van der Waals surface area (Å²) in [5.41, 5.74) is -0.212. The molecule has 0 heterocycles. The molecule has 0 aliphatic rings. The fourth-order valence-electron chi connectivity index (χ4n) is 4.53. The summed E-state index contributed by atoms with van der Waals surface area (Å²) in [7, 11) is 0. The molecule has 42 heavy (non-hydrogen) atoms. The molecule has 0 spiro atoms. The van der Waals surface area contributed by atoms with Crippen LogP contribution in [0.2, 0.25) is 0 Å². The Balaban J connectivity index is 1.42. The van der Waals surface area contributed by atoms with Crippen molar-refractivity contribution in [2.24, 2.45) is 0 Å². The fraction of sp³-hybridized carbons (Fsp3) is 0.222. The second-order valence-electron chi connectivity index (χ2n) is 11.1. The Morgan fingerprint density at radius 2 is 0.952 bits per heavy atom. The number of rotatable bonds is 12. The average Bonchev–Trinajstić information content (AvgIpc) is 3.00. The minimum atomic E-state index is -1.25. The molecule has 0 aliphatic heterocycles. The Bertz CT molecular complexity index is 1590. The fourth-order valence-corrected chi connectivity index (χ4v) is 4.53. The topological polar surface area (TPSA) is 86.7 Å². The standard InChI is InChI=1S/C36H34O6/c1-35(2,42-34(40)30-22-14-12-20-28(30)32(38)26-17-9-6-10-18-26)23-24-41-36(3,4)33(39)29-21-13-11-19-27(29)31(37)25-15-7-5-8-16-25/h5-22H,23-24H2,1-4H3. The summed E-state index contributed by atoms with van der Waals surface area (Å²) >= 11 is 0. The normalized spacial score (nSPS) is 11.5. The van der Waals surface area contributed by atoms with Gasteiger partial charge in [0.2, 0.25) is 0 Å². The average molecular weight is 563 g/mol. The van der Waals surface area contributed by atoms with Crippen molar-refractivity contribution >= 4 is 23.3 Å². The predicted molar refractivity (Wildman–Crippen MR) is 161 cm³/mol. The summed E-state index contributed by atoms with van der Waals surface area (Å²) in [6.45, 7) is 6.92. The second-order valence-corrected chi connectivity index (χ2v) is 11.1. The first-order valence-corrected chi connectivity index (χ1v) is 13.8. The number of ketones is 3. The molecule has 0 amide bonds. The van der Waals surface area contributed by atoms with Crippen LogP contribution in [0.5, 0.6) is 0 Å². The van der Waals surface area contributed by atoms with Gasteiger partial charge in [0.1, 0.15) is 11.2 Å². The molecule has 4 aromatic rings. The van der Waals surface area contributed by atoms with E-state index in [1.807, 2.05) is 12.1 Å². The lowest BCUT2D eigenvalue weighted by Gasteiger charge is -2.29. The van der Waals surface area contributed by atoms with Gasteiger partial charge in [-0.25, -0.2) is 4.79 Å². The first-order valence-electron chi connectivity index (χ1n) is 13.8. The summed E-state index contributed by atoms with van der Waals surface area (Å²) in [6.07, 6.45) is 0.287. The third kappa shape index (κ3) is 7.14. The highest BCUT2D eigenvalue weighted by Crippen LogP contribution is 2.25. The van der Waals surface area contributed by atoms with Gasteiger partial charge in [-0.05, 0) is 33.8 Å². The molecule has 0 atom stereocenters. The maximum atomic E-state index is 13.6. The minimum absolute atomic E-state index is 0.110. The number of esters is 1. The molecule has 0 aliphatic carbocycles. The Morgan fingerprint density at radius 3 is 1.45 bits per heavy atom. The van der Waals surface area contributed by atoms with E-state index in [2.05, 4.69) is 0 Å². The van der Waals surface area contributed by atoms with Crippen molar-refractivity contribution in [1.82, 2.24) is 0 Å². The van der Waals surface area contributed by atoms with E-state index in [9.17, 15) is 19.2 Å². The summed E-state index contributed by atoms with van der Waals surface area (Å²) in [6, 6.07) is 30.8. The highest BCUT2D eigenvalue weighted by atomic mass is 16.6. The van der Waals surface area contributed by atoms with Gasteiger partial charge in [0.05, 0.1) is 12.2 Å². The van der Waals surface area contributed by atoms with Gasteiger partial charge >= 0.3 is 5.97 Å². The van der Waals surface area contributed by atoms with Crippen molar-refractivity contribution in [2.45, 2.75) is 45.3 Å². The van der Waals surface area contributed by atoms with Crippen LogP contribution < -0.4 is 0 Å². The smallest absolute Gasteiger partial charge is 0.339 e. The summed E-state index contributed by atoms with van der Waals surface area (Å²) in [4.78, 5) is 53.0. The maximum absolute atomic E-state index is 13.6. The number of hydrogen-bond acceptors (Lipinski definition) is 6. The van der Waals surface area contributed by atoms with Crippen molar-refractivity contribution in [3.63, 3.8) is 0 Å². The molecule has 0 saturated heterocycles. The largest absolute Gasteiger partial charge is 0.456 e. The lowest BCUT2D eigenvalue weighted by atomic mass is 9.89. The molecule has 6 nitrogen and oxygen atoms in total. The summed E-state index contributed by atoms with van der Waals surface area (Å²) in [5.74, 6) is -1.46. The van der Waals surface area contributed by atoms with Crippen LogP contribution in [0.15, 0.2) is 109 Å². The third-order valence-electron chi connectivity index (χ3n) is 6.96. The molecule has 0 aromatic heterocycles. The van der Waals surface area contributed by atoms with E-state index >= 15 is 0 Å². The monoisotopic (exact) mass is 562 g/mol. The molecular weight excluding hydrogens is 528 g/mol. The van der Waals surface area contributed by atoms with Crippen LogP contribution in [-0.2, 0) is 9.47 Å². The molecule has 0 bridgehead atoms. The van der Waals surface area contributed by atoms with Crippen LogP contribution in [-0.4, -0.2) is 41.1 Å². The molecule has 0 unspecified atom stereocenters. The van der Waals surface area contributed by atoms with Crippen molar-refractivity contribution < 1.29 is 28.7 Å². The minimum Gasteiger partial charge on any atom is -0.456 e. The van der Waals surface area contributed by atoms with Gasteiger partial charge in [-0.3, -0.25) is 14.4 Å². The molecule has 0 radical (unpaired) electrons. The molecule has 214 valence electrons. The maximum Gasteiger partial charge on any atom is 0.339 e. The van der Waals surface area contributed by atoms with Crippen LogP contribution in [0.3, 0.4) is 0 Å². The van der Waals surface area contributed by atoms with Crippen LogP contribution >= 0.6 is 0 Å². The SMILES string of the molecule is CC(C)(CCOC(C)(C)C(=O)c1ccccc1C(=O)c1ccccc1)OC(=O)c1ccccc1C(=O)c1ccccc1. The van der Waals surface area contributed by atoms with Crippen molar-refractivity contribution in [3.8, 4) is 0 Å². The van der Waals surface area contributed by atoms with Crippen LogP contribution in [0.25, 0.3) is 0 Å². The molecule has 0 saturated carbocycles. The van der Waals surface area contributed by atoms with Gasteiger partial charge in [0.15, 0.2) is 17.3 Å². The van der Waals surface area contributed by atoms with Crippen LogP contribution in [0.4, 0.5) is 0 Å². The molecule has 0 fully saturated rings. The number of ether oxygens (including phenoxy) is 2. The predicted octanol–water partition coefficient (Wildman–Crippen LogP) is 7.15. The Kier molecular flexibility index (Phi) is 9.28. The number of carbonyl (C=O) groups excluding carboxylic acids is 4. The molecule has 4 aromatic carbocycles. The van der Waals surface area contributed by atoms with E-state index in [1.54, 1.807) is 125 Å². The lowest BCUT2D eigenvalue weighted by Crippen LogP contribution is -2.38. The van der Waals surface area contributed by atoms with Gasteiger partial charge in [0.25, 0.3) is 0 Å². The van der Waals surface area contributed by atoms with Gasteiger partial charge in [-0.1, -0.05) is 103 Å². The lowest BCUT2D eigenvalue weighted by molar-refractivity contribution is -0.0439. The number of carbonyl (C=O) groups is 4. The zero-order valence-corrected chi connectivity index (χ0v) is 24.3. The first-order chi connectivity index (χ1) is 20.0. The molecule has 6 heteroatoms. The van der Waals surface area contributed by atoms with Crippen molar-refractivity contribution in [1.29, 1.82) is 0 Å². The quantitative estimate of drug-likeness (QED) is 0.135. The van der Waals surface area contributed by atoms with Crippen LogP contribution in [0, 0.1) is 0 Å².